The Bertz CT molecular complexity index is 482. The Balaban J connectivity index is 1.78. The van der Waals surface area contributed by atoms with Gasteiger partial charge in [0, 0.05) is 17.3 Å². The van der Waals surface area contributed by atoms with Crippen LogP contribution in [0.3, 0.4) is 0 Å². The summed E-state index contributed by atoms with van der Waals surface area (Å²) in [6.07, 6.45) is 6.73. The van der Waals surface area contributed by atoms with Crippen LogP contribution in [-0.4, -0.2) is 17.0 Å². The number of hydrogen-bond donors (Lipinski definition) is 1. The van der Waals surface area contributed by atoms with E-state index >= 15 is 0 Å². The number of nitrogens with one attached hydrogen (secondary N) is 1. The van der Waals surface area contributed by atoms with Crippen LogP contribution in [0.25, 0.3) is 0 Å². The fourth-order valence-electron chi connectivity index (χ4n) is 4.17. The molecule has 0 saturated heterocycles. The second-order valence-corrected chi connectivity index (χ2v) is 8.78. The lowest BCUT2D eigenvalue weighted by molar-refractivity contribution is 0.334. The molecule has 0 spiro atoms. The van der Waals surface area contributed by atoms with Crippen molar-refractivity contribution in [2.24, 2.45) is 0 Å². The lowest BCUT2D eigenvalue weighted by atomic mass is 9.71. The third-order valence-corrected chi connectivity index (χ3v) is 6.70. The highest BCUT2D eigenvalue weighted by Crippen LogP contribution is 2.42. The van der Waals surface area contributed by atoms with Crippen molar-refractivity contribution >= 4 is 11.8 Å². The van der Waals surface area contributed by atoms with E-state index in [1.807, 2.05) is 0 Å². The molecule has 1 saturated carbocycles. The molecular weight excluding hydrogens is 274 g/mol. The first-order valence-electron chi connectivity index (χ1n) is 8.59. The number of thioether (sulfide) groups is 1. The summed E-state index contributed by atoms with van der Waals surface area (Å²) in [5.74, 6) is 1.25. The van der Waals surface area contributed by atoms with Crippen LogP contribution in [-0.2, 0) is 5.41 Å². The third kappa shape index (κ3) is 3.17. The van der Waals surface area contributed by atoms with Crippen LogP contribution in [0.1, 0.15) is 70.0 Å². The monoisotopic (exact) mass is 303 g/mol. The van der Waals surface area contributed by atoms with Crippen LogP contribution in [0.5, 0.6) is 0 Å². The van der Waals surface area contributed by atoms with Crippen LogP contribution >= 0.6 is 11.8 Å². The normalized spacial score (nSPS) is 31.1. The molecule has 0 aromatic heterocycles. The van der Waals surface area contributed by atoms with Crippen LogP contribution in [0.15, 0.2) is 24.3 Å². The predicted molar refractivity (Wildman–Crippen MR) is 94.1 cm³/mol. The average molecular weight is 304 g/mol. The van der Waals surface area contributed by atoms with Gasteiger partial charge in [-0.1, -0.05) is 51.5 Å². The fraction of sp³-hybridized carbons (Fsp3) is 0.684. The maximum absolute atomic E-state index is 4.03. The summed E-state index contributed by atoms with van der Waals surface area (Å²) in [5.41, 5.74) is 3.45. The van der Waals surface area contributed by atoms with Crippen molar-refractivity contribution in [1.29, 1.82) is 0 Å². The average Bonchev–Trinajstić information content (AvgIpc) is 2.90. The third-order valence-electron chi connectivity index (χ3n) is 5.37. The molecule has 2 aliphatic rings. The largest absolute Gasteiger partial charge is 0.306 e. The number of rotatable bonds is 4. The molecule has 1 aromatic carbocycles. The highest BCUT2D eigenvalue weighted by atomic mass is 32.2. The molecule has 3 rings (SSSR count). The smallest absolute Gasteiger partial charge is 0.0326 e. The number of benzene rings is 1. The van der Waals surface area contributed by atoms with Gasteiger partial charge in [-0.25, -0.2) is 0 Å². The van der Waals surface area contributed by atoms with Gasteiger partial charge >= 0.3 is 0 Å². The molecule has 1 N–H and O–H groups in total. The molecule has 3 unspecified atom stereocenters. The summed E-state index contributed by atoms with van der Waals surface area (Å²) >= 11 is 2.15. The van der Waals surface area contributed by atoms with E-state index in [1.54, 1.807) is 11.1 Å². The zero-order valence-corrected chi connectivity index (χ0v) is 14.5. The zero-order chi connectivity index (χ0) is 14.9. The lowest BCUT2D eigenvalue weighted by Gasteiger charge is -2.39. The second kappa shape index (κ2) is 6.34. The Labute approximate surface area is 134 Å². The van der Waals surface area contributed by atoms with Gasteiger partial charge in [-0.05, 0) is 48.0 Å². The van der Waals surface area contributed by atoms with Crippen LogP contribution < -0.4 is 5.32 Å². The maximum Gasteiger partial charge on any atom is 0.0326 e. The van der Waals surface area contributed by atoms with Gasteiger partial charge in [-0.2, -0.15) is 11.8 Å². The van der Waals surface area contributed by atoms with Crippen LogP contribution in [0, 0.1) is 0 Å². The standard InChI is InChI=1S/C19H29NS/c1-4-21-18-11-7-10-17(18)20-16-12-13-19(2,3)15-9-6-5-8-14(15)16/h5-6,8-9,16-18,20H,4,7,10-13H2,1-3H3. The molecule has 2 heteroatoms. The zero-order valence-electron chi connectivity index (χ0n) is 13.7. The molecule has 116 valence electrons. The van der Waals surface area contributed by atoms with E-state index in [1.165, 1.54) is 37.9 Å². The lowest BCUT2D eigenvalue weighted by Crippen LogP contribution is -2.40. The summed E-state index contributed by atoms with van der Waals surface area (Å²) in [6, 6.07) is 10.4. The van der Waals surface area contributed by atoms with Crippen molar-refractivity contribution in [3.63, 3.8) is 0 Å². The van der Waals surface area contributed by atoms with E-state index in [4.69, 9.17) is 0 Å². The SMILES string of the molecule is CCSC1CCCC1NC1CCC(C)(C)c2ccccc21. The first-order chi connectivity index (χ1) is 10.1. The first kappa shape index (κ1) is 15.4. The summed E-state index contributed by atoms with van der Waals surface area (Å²) in [4.78, 5) is 0. The minimum atomic E-state index is 0.335. The molecule has 21 heavy (non-hydrogen) atoms. The molecule has 1 fully saturated rings. The van der Waals surface area contributed by atoms with Gasteiger partial charge in [-0.3, -0.25) is 0 Å². The van der Waals surface area contributed by atoms with Crippen molar-refractivity contribution in [3.05, 3.63) is 35.4 Å². The molecule has 1 nitrogen and oxygen atoms in total. The maximum atomic E-state index is 4.03. The van der Waals surface area contributed by atoms with E-state index < -0.39 is 0 Å². The van der Waals surface area contributed by atoms with Crippen LogP contribution in [0.4, 0.5) is 0 Å². The first-order valence-corrected chi connectivity index (χ1v) is 9.64. The van der Waals surface area contributed by atoms with E-state index in [0.717, 1.165) is 5.25 Å². The van der Waals surface area contributed by atoms with E-state index in [9.17, 15) is 0 Å². The quantitative estimate of drug-likeness (QED) is 0.834. The van der Waals surface area contributed by atoms with E-state index in [-0.39, 0.29) is 0 Å². The van der Waals surface area contributed by atoms with Crippen molar-refractivity contribution in [3.8, 4) is 0 Å². The van der Waals surface area contributed by atoms with Crippen LogP contribution in [0.2, 0.25) is 0 Å². The molecule has 0 aliphatic heterocycles. The Morgan fingerprint density at radius 3 is 2.81 bits per heavy atom. The Morgan fingerprint density at radius 2 is 2.00 bits per heavy atom. The van der Waals surface area contributed by atoms with Gasteiger partial charge in [0.2, 0.25) is 0 Å². The topological polar surface area (TPSA) is 12.0 Å². The Kier molecular flexibility index (Phi) is 4.66. The van der Waals surface area contributed by atoms with Gasteiger partial charge in [0.15, 0.2) is 0 Å². The fourth-order valence-corrected chi connectivity index (χ4v) is 5.38. The van der Waals surface area contributed by atoms with E-state index in [2.05, 4.69) is 62.1 Å². The predicted octanol–water partition coefficient (Wildman–Crippen LogP) is 5.06. The summed E-state index contributed by atoms with van der Waals surface area (Å²) in [7, 11) is 0. The van der Waals surface area contributed by atoms with Gasteiger partial charge in [-0.15, -0.1) is 0 Å². The molecule has 1 aromatic rings. The highest BCUT2D eigenvalue weighted by Gasteiger charge is 2.35. The molecule has 0 amide bonds. The van der Waals surface area contributed by atoms with Crippen molar-refractivity contribution in [2.45, 2.75) is 75.6 Å². The minimum Gasteiger partial charge on any atom is -0.306 e. The number of fused-ring (bicyclic) bond motifs is 1. The Morgan fingerprint density at radius 1 is 1.19 bits per heavy atom. The van der Waals surface area contributed by atoms with Crippen molar-refractivity contribution in [1.82, 2.24) is 5.32 Å². The second-order valence-electron chi connectivity index (χ2n) is 7.26. The highest BCUT2D eigenvalue weighted by molar-refractivity contribution is 7.99. The Hall–Kier alpha value is -0.470. The minimum absolute atomic E-state index is 0.335. The summed E-state index contributed by atoms with van der Waals surface area (Å²) < 4.78 is 0. The van der Waals surface area contributed by atoms with Gasteiger partial charge in [0.1, 0.15) is 0 Å². The van der Waals surface area contributed by atoms with Crippen molar-refractivity contribution < 1.29 is 0 Å². The summed E-state index contributed by atoms with van der Waals surface area (Å²) in [6.45, 7) is 7.08. The molecule has 0 bridgehead atoms. The molecule has 2 aliphatic carbocycles. The molecular formula is C19H29NS. The van der Waals surface area contributed by atoms with Crippen molar-refractivity contribution in [2.75, 3.05) is 5.75 Å². The van der Waals surface area contributed by atoms with E-state index in [0.29, 0.717) is 17.5 Å². The molecule has 0 heterocycles. The van der Waals surface area contributed by atoms with Gasteiger partial charge in [0.25, 0.3) is 0 Å². The van der Waals surface area contributed by atoms with Gasteiger partial charge < -0.3 is 5.32 Å². The molecule has 3 atom stereocenters. The molecule has 0 radical (unpaired) electrons. The van der Waals surface area contributed by atoms with Gasteiger partial charge in [0.05, 0.1) is 0 Å². The summed E-state index contributed by atoms with van der Waals surface area (Å²) in [5, 5.41) is 4.86. The number of hydrogen-bond acceptors (Lipinski definition) is 2.